The molecule has 0 aromatic carbocycles. The van der Waals surface area contributed by atoms with E-state index in [-0.39, 0.29) is 35.8 Å². The lowest BCUT2D eigenvalue weighted by molar-refractivity contribution is -0.122. The molecule has 1 saturated heterocycles. The van der Waals surface area contributed by atoms with Crippen LogP contribution in [0.4, 0.5) is 5.82 Å². The van der Waals surface area contributed by atoms with Crippen LogP contribution < -0.4 is 21.3 Å². The van der Waals surface area contributed by atoms with Gasteiger partial charge in [-0.2, -0.15) is 0 Å². The number of nitrogens with two attached hydrogens (primary N) is 1. The molecule has 7 nitrogen and oxygen atoms in total. The van der Waals surface area contributed by atoms with Crippen LogP contribution in [0, 0.1) is 5.92 Å². The number of guanidine groups is 1. The Morgan fingerprint density at radius 2 is 2.11 bits per heavy atom. The number of piperidine rings is 1. The molecule has 27 heavy (non-hydrogen) atoms. The van der Waals surface area contributed by atoms with E-state index in [1.54, 1.807) is 13.2 Å². The van der Waals surface area contributed by atoms with Gasteiger partial charge in [-0.3, -0.25) is 9.79 Å². The van der Waals surface area contributed by atoms with Crippen LogP contribution in [0.3, 0.4) is 0 Å². The van der Waals surface area contributed by atoms with Gasteiger partial charge in [0.25, 0.3) is 0 Å². The van der Waals surface area contributed by atoms with E-state index in [0.717, 1.165) is 36.7 Å². The molecule has 150 valence electrons. The first-order valence-corrected chi connectivity index (χ1v) is 9.62. The molecule has 3 rings (SSSR count). The molecule has 0 spiro atoms. The molecule has 2 fully saturated rings. The number of hydrogen-bond donors (Lipinski definition) is 3. The largest absolute Gasteiger partial charge is 0.369 e. The number of carbonyl (C=O) groups is 1. The van der Waals surface area contributed by atoms with Crippen molar-refractivity contribution in [2.45, 2.75) is 51.1 Å². The van der Waals surface area contributed by atoms with Crippen LogP contribution in [-0.4, -0.2) is 43.0 Å². The van der Waals surface area contributed by atoms with E-state index >= 15 is 0 Å². The molecular formula is C19H31IN6O. The van der Waals surface area contributed by atoms with Crippen molar-refractivity contribution in [2.75, 3.05) is 25.0 Å². The summed E-state index contributed by atoms with van der Waals surface area (Å²) >= 11 is 0. The number of pyridine rings is 1. The lowest BCUT2D eigenvalue weighted by Gasteiger charge is -2.33. The van der Waals surface area contributed by atoms with Crippen LogP contribution in [0.2, 0.25) is 0 Å². The van der Waals surface area contributed by atoms with Crippen LogP contribution in [0.1, 0.15) is 44.1 Å². The number of carbonyl (C=O) groups excluding carboxylic acids is 1. The Bertz CT molecular complexity index is 647. The van der Waals surface area contributed by atoms with E-state index in [2.05, 4.69) is 31.6 Å². The topological polar surface area (TPSA) is 95.6 Å². The third-order valence-electron chi connectivity index (χ3n) is 5.36. The number of primary amides is 1. The quantitative estimate of drug-likeness (QED) is 0.336. The maximum atomic E-state index is 11.6. The Labute approximate surface area is 178 Å². The Balaban J connectivity index is 0.00000261. The van der Waals surface area contributed by atoms with Crippen LogP contribution in [0.25, 0.3) is 0 Å². The fraction of sp³-hybridized carbons (Fsp3) is 0.632. The van der Waals surface area contributed by atoms with Gasteiger partial charge in [0.05, 0.1) is 5.92 Å². The lowest BCUT2D eigenvalue weighted by Crippen LogP contribution is -2.43. The average Bonchev–Trinajstić information content (AvgIpc) is 3.18. The first-order chi connectivity index (χ1) is 12.7. The summed E-state index contributed by atoms with van der Waals surface area (Å²) in [6, 6.07) is 4.54. The van der Waals surface area contributed by atoms with Gasteiger partial charge in [-0.05, 0) is 31.7 Å². The standard InChI is InChI=1S/C19H30N6O.HI/c1-21-19(24-16-8-2-3-9-16)23-12-14-6-4-10-22-18(14)25-11-5-7-15(13-25)17(20)26;/h4,6,10,15-16H,2-3,5,7-9,11-13H2,1H3,(H2,20,26)(H2,21,23,24);1H. The first kappa shape index (κ1) is 21.7. The Kier molecular flexibility index (Phi) is 8.59. The average molecular weight is 486 g/mol. The molecular weight excluding hydrogens is 455 g/mol. The van der Waals surface area contributed by atoms with Crippen molar-refractivity contribution in [2.24, 2.45) is 16.6 Å². The number of aliphatic imine (C=N–C) groups is 1. The van der Waals surface area contributed by atoms with E-state index in [1.165, 1.54) is 25.7 Å². The fourth-order valence-corrected chi connectivity index (χ4v) is 3.89. The predicted molar refractivity (Wildman–Crippen MR) is 119 cm³/mol. The Morgan fingerprint density at radius 1 is 1.33 bits per heavy atom. The lowest BCUT2D eigenvalue weighted by atomic mass is 9.97. The van der Waals surface area contributed by atoms with Crippen molar-refractivity contribution in [3.8, 4) is 0 Å². The molecule has 4 N–H and O–H groups in total. The van der Waals surface area contributed by atoms with Gasteiger partial charge in [0.1, 0.15) is 5.82 Å². The minimum atomic E-state index is -0.216. The second kappa shape index (κ2) is 10.7. The highest BCUT2D eigenvalue weighted by Gasteiger charge is 2.26. The van der Waals surface area contributed by atoms with Gasteiger partial charge >= 0.3 is 0 Å². The number of anilines is 1. The van der Waals surface area contributed by atoms with Gasteiger partial charge in [-0.15, -0.1) is 24.0 Å². The summed E-state index contributed by atoms with van der Waals surface area (Å²) in [4.78, 5) is 22.7. The molecule has 2 heterocycles. The molecule has 1 atom stereocenters. The maximum Gasteiger partial charge on any atom is 0.222 e. The monoisotopic (exact) mass is 486 g/mol. The highest BCUT2D eigenvalue weighted by Crippen LogP contribution is 2.24. The van der Waals surface area contributed by atoms with Crippen LogP contribution in [0.15, 0.2) is 23.3 Å². The minimum Gasteiger partial charge on any atom is -0.369 e. The molecule has 1 aromatic heterocycles. The number of halogens is 1. The second-order valence-electron chi connectivity index (χ2n) is 7.23. The highest BCUT2D eigenvalue weighted by atomic mass is 127. The summed E-state index contributed by atoms with van der Waals surface area (Å²) in [5.41, 5.74) is 6.62. The molecule has 8 heteroatoms. The van der Waals surface area contributed by atoms with Crippen LogP contribution >= 0.6 is 24.0 Å². The number of aromatic nitrogens is 1. The SMILES string of the molecule is CN=C(NCc1cccnc1N1CCCC(C(N)=O)C1)NC1CCCC1.I. The van der Waals surface area contributed by atoms with E-state index in [9.17, 15) is 4.79 Å². The number of nitrogens with zero attached hydrogens (tertiary/aromatic N) is 3. The zero-order valence-electron chi connectivity index (χ0n) is 16.0. The summed E-state index contributed by atoms with van der Waals surface area (Å²) in [6.07, 6.45) is 8.63. The molecule has 0 bridgehead atoms. The van der Waals surface area contributed by atoms with Crippen molar-refractivity contribution >= 4 is 41.7 Å². The number of nitrogens with one attached hydrogen (secondary N) is 2. The fourth-order valence-electron chi connectivity index (χ4n) is 3.89. The molecule has 1 aliphatic heterocycles. The van der Waals surface area contributed by atoms with Gasteiger partial charge in [0, 0.05) is 44.5 Å². The number of hydrogen-bond acceptors (Lipinski definition) is 4. The summed E-state index contributed by atoms with van der Waals surface area (Å²) < 4.78 is 0. The first-order valence-electron chi connectivity index (χ1n) is 9.62. The molecule has 0 radical (unpaired) electrons. The number of rotatable bonds is 5. The van der Waals surface area contributed by atoms with Gasteiger partial charge in [-0.1, -0.05) is 18.9 Å². The Morgan fingerprint density at radius 3 is 2.81 bits per heavy atom. The summed E-state index contributed by atoms with van der Waals surface area (Å²) in [7, 11) is 1.80. The summed E-state index contributed by atoms with van der Waals surface area (Å²) in [5, 5.41) is 6.91. The van der Waals surface area contributed by atoms with Crippen molar-refractivity contribution in [1.82, 2.24) is 15.6 Å². The summed E-state index contributed by atoms with van der Waals surface area (Å²) in [5.74, 6) is 1.46. The van der Waals surface area contributed by atoms with Crippen LogP contribution in [0.5, 0.6) is 0 Å². The van der Waals surface area contributed by atoms with Gasteiger partial charge in [0.2, 0.25) is 5.91 Å². The second-order valence-corrected chi connectivity index (χ2v) is 7.23. The molecule has 1 aromatic rings. The van der Waals surface area contributed by atoms with Crippen molar-refractivity contribution in [1.29, 1.82) is 0 Å². The zero-order valence-corrected chi connectivity index (χ0v) is 18.3. The van der Waals surface area contributed by atoms with Crippen molar-refractivity contribution in [3.63, 3.8) is 0 Å². The van der Waals surface area contributed by atoms with Gasteiger partial charge < -0.3 is 21.3 Å². The number of amides is 1. The predicted octanol–water partition coefficient (Wildman–Crippen LogP) is 2.01. The van der Waals surface area contributed by atoms with Crippen molar-refractivity contribution in [3.05, 3.63) is 23.9 Å². The minimum absolute atomic E-state index is 0. The molecule has 2 aliphatic rings. The normalized spacial score (nSPS) is 20.9. The third-order valence-corrected chi connectivity index (χ3v) is 5.36. The van der Waals surface area contributed by atoms with Gasteiger partial charge in [0.15, 0.2) is 5.96 Å². The highest BCUT2D eigenvalue weighted by molar-refractivity contribution is 14.0. The third kappa shape index (κ3) is 5.95. The zero-order chi connectivity index (χ0) is 18.4. The molecule has 1 aliphatic carbocycles. The van der Waals surface area contributed by atoms with E-state index in [0.29, 0.717) is 19.1 Å². The summed E-state index contributed by atoms with van der Waals surface area (Å²) in [6.45, 7) is 2.20. The Hall–Kier alpha value is -1.58. The maximum absolute atomic E-state index is 11.6. The molecule has 1 unspecified atom stereocenters. The van der Waals surface area contributed by atoms with E-state index in [1.807, 2.05) is 6.07 Å². The van der Waals surface area contributed by atoms with E-state index < -0.39 is 0 Å². The smallest absolute Gasteiger partial charge is 0.222 e. The van der Waals surface area contributed by atoms with Crippen LogP contribution in [-0.2, 0) is 11.3 Å². The van der Waals surface area contributed by atoms with Gasteiger partial charge in [-0.25, -0.2) is 4.98 Å². The van der Waals surface area contributed by atoms with E-state index in [4.69, 9.17) is 5.73 Å². The molecule has 1 saturated carbocycles. The molecule has 1 amide bonds. The van der Waals surface area contributed by atoms with Crippen molar-refractivity contribution < 1.29 is 4.79 Å².